The molecular weight excluding hydrogens is 321 g/mol. The van der Waals surface area contributed by atoms with Crippen LogP contribution in [-0.2, 0) is 0 Å². The van der Waals surface area contributed by atoms with E-state index in [2.05, 4.69) is 20.6 Å². The van der Waals surface area contributed by atoms with E-state index >= 15 is 0 Å². The average molecular weight is 333 g/mol. The van der Waals surface area contributed by atoms with E-state index in [0.717, 1.165) is 0 Å². The quantitative estimate of drug-likeness (QED) is 0.763. The number of nitriles is 1. The Kier molecular flexibility index (Phi) is 4.62. The van der Waals surface area contributed by atoms with Gasteiger partial charge in [0.2, 0.25) is 0 Å². The van der Waals surface area contributed by atoms with Crippen molar-refractivity contribution in [1.29, 1.82) is 5.26 Å². The molecule has 2 N–H and O–H groups in total. The lowest BCUT2D eigenvalue weighted by molar-refractivity contribution is 0.102. The number of anilines is 3. The number of rotatable bonds is 4. The van der Waals surface area contributed by atoms with E-state index in [4.69, 9.17) is 5.26 Å². The molecule has 3 rings (SSSR count). The highest BCUT2D eigenvalue weighted by atomic mass is 19.1. The van der Waals surface area contributed by atoms with Gasteiger partial charge in [0.25, 0.3) is 5.91 Å². The summed E-state index contributed by atoms with van der Waals surface area (Å²) in [6.07, 6.45) is 2.71. The molecule has 7 heteroatoms. The van der Waals surface area contributed by atoms with Crippen LogP contribution >= 0.6 is 0 Å². The topological polar surface area (TPSA) is 90.7 Å². The summed E-state index contributed by atoms with van der Waals surface area (Å²) < 4.78 is 13.1. The number of halogens is 1. The van der Waals surface area contributed by atoms with Crippen molar-refractivity contribution in [2.45, 2.75) is 0 Å². The third-order valence-corrected chi connectivity index (χ3v) is 3.25. The van der Waals surface area contributed by atoms with Gasteiger partial charge in [-0.2, -0.15) is 5.26 Å². The number of aromatic nitrogens is 2. The molecule has 0 atom stereocenters. The number of carbonyl (C=O) groups is 1. The minimum Gasteiger partial charge on any atom is -0.339 e. The van der Waals surface area contributed by atoms with E-state index in [1.165, 1.54) is 24.5 Å². The molecule has 25 heavy (non-hydrogen) atoms. The van der Waals surface area contributed by atoms with Crippen molar-refractivity contribution in [1.82, 2.24) is 9.97 Å². The van der Waals surface area contributed by atoms with Crippen LogP contribution < -0.4 is 10.6 Å². The normalized spacial score (nSPS) is 9.92. The maximum Gasteiger partial charge on any atom is 0.275 e. The highest BCUT2D eigenvalue weighted by Crippen LogP contribution is 2.15. The fraction of sp³-hybridized carbons (Fsp3) is 0. The average Bonchev–Trinajstić information content (AvgIpc) is 2.63. The zero-order valence-electron chi connectivity index (χ0n) is 12.9. The van der Waals surface area contributed by atoms with E-state index in [-0.39, 0.29) is 11.5 Å². The molecule has 3 aromatic rings. The van der Waals surface area contributed by atoms with Crippen LogP contribution in [-0.4, -0.2) is 15.9 Å². The van der Waals surface area contributed by atoms with Gasteiger partial charge in [-0.25, -0.2) is 14.4 Å². The number of nitrogens with zero attached hydrogens (tertiary/aromatic N) is 3. The van der Waals surface area contributed by atoms with Crippen molar-refractivity contribution in [3.63, 3.8) is 0 Å². The van der Waals surface area contributed by atoms with Gasteiger partial charge in [-0.1, -0.05) is 6.07 Å². The number of hydrogen-bond donors (Lipinski definition) is 2. The van der Waals surface area contributed by atoms with Crippen molar-refractivity contribution in [2.24, 2.45) is 0 Å². The van der Waals surface area contributed by atoms with E-state index in [0.29, 0.717) is 22.8 Å². The van der Waals surface area contributed by atoms with E-state index in [9.17, 15) is 9.18 Å². The van der Waals surface area contributed by atoms with Crippen LogP contribution in [0, 0.1) is 17.1 Å². The Bertz CT molecular complexity index is 933. The zero-order valence-corrected chi connectivity index (χ0v) is 12.9. The second-order valence-electron chi connectivity index (χ2n) is 5.07. The molecule has 0 radical (unpaired) electrons. The Balaban J connectivity index is 1.66. The van der Waals surface area contributed by atoms with Gasteiger partial charge in [-0.05, 0) is 42.5 Å². The first-order valence-corrected chi connectivity index (χ1v) is 7.30. The minimum absolute atomic E-state index is 0.133. The monoisotopic (exact) mass is 333 g/mol. The molecule has 6 nitrogen and oxygen atoms in total. The molecule has 0 unspecified atom stereocenters. The maximum atomic E-state index is 13.1. The lowest BCUT2D eigenvalue weighted by Gasteiger charge is -2.07. The second kappa shape index (κ2) is 7.19. The van der Waals surface area contributed by atoms with Crippen molar-refractivity contribution >= 4 is 23.1 Å². The number of benzene rings is 2. The molecule has 0 saturated heterocycles. The molecule has 0 spiro atoms. The Morgan fingerprint density at radius 2 is 1.84 bits per heavy atom. The van der Waals surface area contributed by atoms with Crippen molar-refractivity contribution < 1.29 is 9.18 Å². The van der Waals surface area contributed by atoms with Crippen LogP contribution in [0.5, 0.6) is 0 Å². The molecule has 122 valence electrons. The Hall–Kier alpha value is -3.79. The summed E-state index contributed by atoms with van der Waals surface area (Å²) in [5, 5.41) is 14.3. The van der Waals surface area contributed by atoms with E-state index in [1.54, 1.807) is 36.4 Å². The van der Waals surface area contributed by atoms with Gasteiger partial charge in [0, 0.05) is 11.4 Å². The number of hydrogen-bond acceptors (Lipinski definition) is 5. The molecule has 0 aliphatic heterocycles. The lowest BCUT2D eigenvalue weighted by atomic mass is 10.2. The largest absolute Gasteiger partial charge is 0.339 e. The minimum atomic E-state index is -0.422. The van der Waals surface area contributed by atoms with Crippen LogP contribution in [0.3, 0.4) is 0 Å². The molecule has 1 heterocycles. The molecule has 1 amide bonds. The molecule has 2 aromatic carbocycles. The SMILES string of the molecule is N#Cc1ccc(NC(=O)c2cnc(Nc3cccc(F)c3)cn2)cc1. The number of carbonyl (C=O) groups excluding carboxylic acids is 1. The summed E-state index contributed by atoms with van der Waals surface area (Å²) in [5.41, 5.74) is 1.72. The van der Waals surface area contributed by atoms with Crippen molar-refractivity contribution in [2.75, 3.05) is 10.6 Å². The van der Waals surface area contributed by atoms with Crippen LogP contribution in [0.1, 0.15) is 16.1 Å². The molecule has 0 aliphatic rings. The van der Waals surface area contributed by atoms with Crippen molar-refractivity contribution in [3.8, 4) is 6.07 Å². The molecule has 0 bridgehead atoms. The van der Waals surface area contributed by atoms with Gasteiger partial charge in [0.05, 0.1) is 24.0 Å². The predicted octanol–water partition coefficient (Wildman–Crippen LogP) is 3.48. The predicted molar refractivity (Wildman–Crippen MR) is 90.8 cm³/mol. The lowest BCUT2D eigenvalue weighted by Crippen LogP contribution is -2.14. The first-order chi connectivity index (χ1) is 12.1. The summed E-state index contributed by atoms with van der Waals surface area (Å²) in [4.78, 5) is 20.3. The van der Waals surface area contributed by atoms with E-state index < -0.39 is 5.91 Å². The van der Waals surface area contributed by atoms with E-state index in [1.807, 2.05) is 6.07 Å². The van der Waals surface area contributed by atoms with Gasteiger partial charge < -0.3 is 10.6 Å². The van der Waals surface area contributed by atoms with Gasteiger partial charge in [0.1, 0.15) is 17.3 Å². The number of amides is 1. The van der Waals surface area contributed by atoms with Gasteiger partial charge >= 0.3 is 0 Å². The highest BCUT2D eigenvalue weighted by Gasteiger charge is 2.09. The van der Waals surface area contributed by atoms with Gasteiger partial charge in [0.15, 0.2) is 0 Å². The smallest absolute Gasteiger partial charge is 0.275 e. The van der Waals surface area contributed by atoms with Crippen LogP contribution in [0.15, 0.2) is 60.9 Å². The third kappa shape index (κ3) is 4.14. The zero-order chi connectivity index (χ0) is 17.6. The van der Waals surface area contributed by atoms with Crippen LogP contribution in [0.4, 0.5) is 21.6 Å². The Labute approximate surface area is 143 Å². The standard InChI is InChI=1S/C18H12FN5O/c19-13-2-1-3-15(8-13)23-17-11-21-16(10-22-17)18(25)24-14-6-4-12(9-20)5-7-14/h1-8,10-11H,(H,22,23)(H,24,25). The Morgan fingerprint density at radius 3 is 2.48 bits per heavy atom. The molecule has 0 fully saturated rings. The van der Waals surface area contributed by atoms with Crippen LogP contribution in [0.2, 0.25) is 0 Å². The fourth-order valence-corrected chi connectivity index (χ4v) is 2.05. The summed E-state index contributed by atoms with van der Waals surface area (Å²) >= 11 is 0. The summed E-state index contributed by atoms with van der Waals surface area (Å²) in [5.74, 6) is -0.397. The molecule has 0 aliphatic carbocycles. The first-order valence-electron chi connectivity index (χ1n) is 7.30. The third-order valence-electron chi connectivity index (χ3n) is 3.25. The summed E-state index contributed by atoms with van der Waals surface area (Å²) in [7, 11) is 0. The molecule has 1 aromatic heterocycles. The fourth-order valence-electron chi connectivity index (χ4n) is 2.05. The van der Waals surface area contributed by atoms with Gasteiger partial charge in [-0.3, -0.25) is 4.79 Å². The van der Waals surface area contributed by atoms with Gasteiger partial charge in [-0.15, -0.1) is 0 Å². The highest BCUT2D eigenvalue weighted by molar-refractivity contribution is 6.02. The van der Waals surface area contributed by atoms with Crippen LogP contribution in [0.25, 0.3) is 0 Å². The maximum absolute atomic E-state index is 13.1. The molecule has 0 saturated carbocycles. The Morgan fingerprint density at radius 1 is 1.04 bits per heavy atom. The summed E-state index contributed by atoms with van der Waals surface area (Å²) in [6, 6.07) is 14.4. The number of nitrogens with one attached hydrogen (secondary N) is 2. The summed E-state index contributed by atoms with van der Waals surface area (Å²) in [6.45, 7) is 0. The second-order valence-corrected chi connectivity index (χ2v) is 5.07. The van der Waals surface area contributed by atoms with Crippen molar-refractivity contribution in [3.05, 3.63) is 78.0 Å². The first kappa shape index (κ1) is 16.1. The molecular formula is C18H12FN5O.